The normalized spacial score (nSPS) is 11.7. The minimum absolute atomic E-state index is 0.00435. The second-order valence-electron chi connectivity index (χ2n) is 4.06. The van der Waals surface area contributed by atoms with Gasteiger partial charge in [-0.25, -0.2) is 17.5 Å². The molecule has 0 saturated heterocycles. The van der Waals surface area contributed by atoms with E-state index in [2.05, 4.69) is 14.9 Å². The van der Waals surface area contributed by atoms with Crippen molar-refractivity contribution in [2.75, 3.05) is 5.73 Å². The number of nitrogen functional groups attached to an aromatic ring is 1. The summed E-state index contributed by atoms with van der Waals surface area (Å²) in [5.41, 5.74) is 6.49. The number of anilines is 1. The molecule has 0 radical (unpaired) electrons. The van der Waals surface area contributed by atoms with E-state index in [1.54, 1.807) is 6.07 Å². The highest BCUT2D eigenvalue weighted by molar-refractivity contribution is 7.89. The van der Waals surface area contributed by atoms with Gasteiger partial charge in [0.1, 0.15) is 10.7 Å². The van der Waals surface area contributed by atoms with Gasteiger partial charge in [-0.1, -0.05) is 0 Å². The van der Waals surface area contributed by atoms with Crippen LogP contribution in [0.25, 0.3) is 0 Å². The number of aryl methyl sites for hydroxylation is 1. The van der Waals surface area contributed by atoms with E-state index in [9.17, 15) is 12.8 Å². The van der Waals surface area contributed by atoms with Crippen LogP contribution < -0.4 is 10.5 Å². The molecule has 2 rings (SSSR count). The van der Waals surface area contributed by atoms with Crippen LogP contribution in [0.15, 0.2) is 29.3 Å². The summed E-state index contributed by atoms with van der Waals surface area (Å²) in [5, 5.41) is 6.29. The van der Waals surface area contributed by atoms with Crippen LogP contribution in [0.5, 0.6) is 0 Å². The molecule has 1 aromatic carbocycles. The largest absolute Gasteiger partial charge is 0.399 e. The second-order valence-corrected chi connectivity index (χ2v) is 5.79. The lowest BCUT2D eigenvalue weighted by molar-refractivity contribution is 0.552. The minimum atomic E-state index is -3.96. The zero-order valence-corrected chi connectivity index (χ0v) is 11.0. The summed E-state index contributed by atoms with van der Waals surface area (Å²) in [6, 6.07) is 4.09. The monoisotopic (exact) mass is 284 g/mol. The van der Waals surface area contributed by atoms with Crippen LogP contribution in [0, 0.1) is 12.7 Å². The topological polar surface area (TPSA) is 101 Å². The van der Waals surface area contributed by atoms with Gasteiger partial charge in [-0.05, 0) is 30.7 Å². The molecule has 1 aromatic heterocycles. The number of nitrogens with one attached hydrogen (secondary N) is 2. The third-order valence-corrected chi connectivity index (χ3v) is 3.94. The predicted octanol–water partition coefficient (Wildman–Crippen LogP) is 0.918. The van der Waals surface area contributed by atoms with Crippen molar-refractivity contribution >= 4 is 15.7 Å². The van der Waals surface area contributed by atoms with Crippen molar-refractivity contribution in [1.29, 1.82) is 0 Å². The number of benzene rings is 1. The van der Waals surface area contributed by atoms with Gasteiger partial charge in [0.05, 0.1) is 12.2 Å². The first-order chi connectivity index (χ1) is 8.90. The average molecular weight is 284 g/mol. The first-order valence-electron chi connectivity index (χ1n) is 5.43. The molecule has 4 N–H and O–H groups in total. The van der Waals surface area contributed by atoms with Crippen molar-refractivity contribution < 1.29 is 12.8 Å². The lowest BCUT2D eigenvalue weighted by Gasteiger charge is -2.09. The number of H-pyrrole nitrogens is 1. The molecule has 0 saturated carbocycles. The van der Waals surface area contributed by atoms with Crippen molar-refractivity contribution in [3.05, 3.63) is 41.5 Å². The van der Waals surface area contributed by atoms with Crippen LogP contribution in [-0.4, -0.2) is 18.6 Å². The maximum atomic E-state index is 13.8. The maximum absolute atomic E-state index is 13.8. The number of hydrogen-bond acceptors (Lipinski definition) is 4. The molecule has 19 heavy (non-hydrogen) atoms. The third kappa shape index (κ3) is 2.91. The first kappa shape index (κ1) is 13.5. The Hall–Kier alpha value is -1.93. The number of nitrogens with two attached hydrogens (primary N) is 1. The number of nitrogens with zero attached hydrogens (tertiary/aromatic N) is 1. The smallest absolute Gasteiger partial charge is 0.243 e. The SMILES string of the molecule is Cc1cc(N)cc(S(=O)(=O)NCc2ccn[nH]2)c1F. The highest BCUT2D eigenvalue weighted by Gasteiger charge is 2.21. The van der Waals surface area contributed by atoms with Gasteiger partial charge < -0.3 is 5.73 Å². The molecule has 0 fully saturated rings. The Labute approximate surface area is 109 Å². The Bertz CT molecular complexity index is 683. The number of hydrogen-bond donors (Lipinski definition) is 3. The molecule has 2 aromatic rings. The van der Waals surface area contributed by atoms with E-state index in [4.69, 9.17) is 5.73 Å². The van der Waals surface area contributed by atoms with Gasteiger partial charge in [0.25, 0.3) is 0 Å². The van der Waals surface area contributed by atoms with Crippen LogP contribution in [0.4, 0.5) is 10.1 Å². The summed E-state index contributed by atoms with van der Waals surface area (Å²) < 4.78 is 40.1. The van der Waals surface area contributed by atoms with Crippen LogP contribution in [-0.2, 0) is 16.6 Å². The molecule has 0 bridgehead atoms. The summed E-state index contributed by atoms with van der Waals surface area (Å²) in [4.78, 5) is -0.454. The maximum Gasteiger partial charge on any atom is 0.243 e. The quantitative estimate of drug-likeness (QED) is 0.727. The van der Waals surface area contributed by atoms with E-state index in [-0.39, 0.29) is 17.8 Å². The van der Waals surface area contributed by atoms with Gasteiger partial charge in [0, 0.05) is 11.9 Å². The summed E-state index contributed by atoms with van der Waals surface area (Å²) in [6.07, 6.45) is 1.49. The minimum Gasteiger partial charge on any atom is -0.399 e. The Morgan fingerprint density at radius 2 is 2.21 bits per heavy atom. The van der Waals surface area contributed by atoms with Gasteiger partial charge in [-0.15, -0.1) is 0 Å². The van der Waals surface area contributed by atoms with E-state index in [1.165, 1.54) is 19.2 Å². The zero-order valence-electron chi connectivity index (χ0n) is 10.1. The number of aromatic nitrogens is 2. The van der Waals surface area contributed by atoms with Crippen LogP contribution in [0.1, 0.15) is 11.3 Å². The van der Waals surface area contributed by atoms with Gasteiger partial charge in [0.2, 0.25) is 10.0 Å². The van der Waals surface area contributed by atoms with Crippen molar-refractivity contribution in [2.24, 2.45) is 0 Å². The van der Waals surface area contributed by atoms with Crippen molar-refractivity contribution in [2.45, 2.75) is 18.4 Å². The fourth-order valence-corrected chi connectivity index (χ4v) is 2.78. The lowest BCUT2D eigenvalue weighted by atomic mass is 10.2. The van der Waals surface area contributed by atoms with Crippen molar-refractivity contribution in [3.63, 3.8) is 0 Å². The average Bonchev–Trinajstić information content (AvgIpc) is 2.84. The molecule has 1 heterocycles. The Morgan fingerprint density at radius 1 is 1.47 bits per heavy atom. The zero-order chi connectivity index (χ0) is 14.0. The van der Waals surface area contributed by atoms with Gasteiger partial charge in [-0.2, -0.15) is 5.10 Å². The van der Waals surface area contributed by atoms with E-state index in [0.29, 0.717) is 5.69 Å². The molecular weight excluding hydrogens is 271 g/mol. The molecule has 0 aliphatic carbocycles. The fourth-order valence-electron chi connectivity index (χ4n) is 1.59. The number of halogens is 1. The molecule has 0 aliphatic heterocycles. The van der Waals surface area contributed by atoms with Crippen LogP contribution in [0.3, 0.4) is 0 Å². The standard InChI is InChI=1S/C11H13FN4O2S/c1-7-4-8(13)5-10(11(7)12)19(17,18)15-6-9-2-3-14-16-9/h2-5,15H,6,13H2,1H3,(H,14,16). The second kappa shape index (κ2) is 4.98. The molecule has 0 amide bonds. The Morgan fingerprint density at radius 3 is 2.84 bits per heavy atom. The summed E-state index contributed by atoms with van der Waals surface area (Å²) in [5.74, 6) is -0.800. The molecule has 8 heteroatoms. The fraction of sp³-hybridized carbons (Fsp3) is 0.182. The number of sulfonamides is 1. The van der Waals surface area contributed by atoms with Gasteiger partial charge in [-0.3, -0.25) is 5.10 Å². The molecule has 0 spiro atoms. The number of rotatable bonds is 4. The van der Waals surface area contributed by atoms with E-state index < -0.39 is 20.7 Å². The van der Waals surface area contributed by atoms with E-state index in [0.717, 1.165) is 6.07 Å². The number of aromatic amines is 1. The van der Waals surface area contributed by atoms with E-state index in [1.807, 2.05) is 0 Å². The third-order valence-electron chi connectivity index (χ3n) is 2.54. The van der Waals surface area contributed by atoms with Crippen LogP contribution in [0.2, 0.25) is 0 Å². The summed E-state index contributed by atoms with van der Waals surface area (Å²) in [6.45, 7) is 1.45. The molecule has 102 valence electrons. The van der Waals surface area contributed by atoms with Crippen LogP contribution >= 0.6 is 0 Å². The molecule has 0 atom stereocenters. The molecule has 0 aliphatic rings. The Kier molecular flexibility index (Phi) is 3.54. The highest BCUT2D eigenvalue weighted by Crippen LogP contribution is 2.21. The lowest BCUT2D eigenvalue weighted by Crippen LogP contribution is -2.24. The Balaban J connectivity index is 2.29. The molecular formula is C11H13FN4O2S. The van der Waals surface area contributed by atoms with E-state index >= 15 is 0 Å². The van der Waals surface area contributed by atoms with Gasteiger partial charge in [0.15, 0.2) is 0 Å². The predicted molar refractivity (Wildman–Crippen MR) is 68.2 cm³/mol. The van der Waals surface area contributed by atoms with Crippen molar-refractivity contribution in [3.8, 4) is 0 Å². The summed E-state index contributed by atoms with van der Waals surface area (Å²) >= 11 is 0. The highest BCUT2D eigenvalue weighted by atomic mass is 32.2. The molecule has 0 unspecified atom stereocenters. The van der Waals surface area contributed by atoms with Crippen molar-refractivity contribution in [1.82, 2.24) is 14.9 Å². The van der Waals surface area contributed by atoms with Gasteiger partial charge >= 0.3 is 0 Å². The molecule has 6 nitrogen and oxygen atoms in total. The first-order valence-corrected chi connectivity index (χ1v) is 6.92. The summed E-state index contributed by atoms with van der Waals surface area (Å²) in [7, 11) is -3.96.